The predicted molar refractivity (Wildman–Crippen MR) is 77.4 cm³/mol. The van der Waals surface area contributed by atoms with Crippen LogP contribution in [0.2, 0.25) is 5.02 Å². The number of aromatic amines is 1. The highest BCUT2D eigenvalue weighted by atomic mass is 35.5. The Kier molecular flexibility index (Phi) is 3.05. The van der Waals surface area contributed by atoms with Crippen LogP contribution in [-0.4, -0.2) is 16.1 Å². The van der Waals surface area contributed by atoms with E-state index in [1.54, 1.807) is 6.07 Å². The maximum Gasteiger partial charge on any atom is 0.352 e. The number of hydrogen-bond donors (Lipinski definition) is 2. The Labute approximate surface area is 118 Å². The minimum Gasteiger partial charge on any atom is -0.477 e. The lowest BCUT2D eigenvalue weighted by Crippen LogP contribution is -1.94. The van der Waals surface area contributed by atoms with Gasteiger partial charge in [0.15, 0.2) is 0 Å². The molecule has 96 valence electrons. The molecule has 3 nitrogen and oxygen atoms in total. The Bertz CT molecular complexity index is 742. The van der Waals surface area contributed by atoms with Crippen LogP contribution < -0.4 is 0 Å². The molecule has 0 atom stereocenters. The van der Waals surface area contributed by atoms with Crippen LogP contribution >= 0.6 is 22.9 Å². The van der Waals surface area contributed by atoms with E-state index in [2.05, 4.69) is 10.4 Å². The van der Waals surface area contributed by atoms with Gasteiger partial charge in [0, 0.05) is 10.4 Å². The van der Waals surface area contributed by atoms with Gasteiger partial charge < -0.3 is 10.1 Å². The van der Waals surface area contributed by atoms with E-state index >= 15 is 0 Å². The summed E-state index contributed by atoms with van der Waals surface area (Å²) in [5.41, 5.74) is 2.52. The molecule has 0 radical (unpaired) electrons. The minimum atomic E-state index is -0.930. The van der Waals surface area contributed by atoms with Crippen molar-refractivity contribution in [3.05, 3.63) is 57.6 Å². The number of rotatable bonds is 3. The van der Waals surface area contributed by atoms with E-state index in [1.165, 1.54) is 11.3 Å². The van der Waals surface area contributed by atoms with Gasteiger partial charge in [-0.1, -0.05) is 23.7 Å². The molecule has 0 unspecified atom stereocenters. The van der Waals surface area contributed by atoms with Gasteiger partial charge in [-0.2, -0.15) is 0 Å². The summed E-state index contributed by atoms with van der Waals surface area (Å²) in [7, 11) is 0. The van der Waals surface area contributed by atoms with Crippen LogP contribution in [0.15, 0.2) is 35.7 Å². The molecule has 0 aliphatic heterocycles. The third-order valence-electron chi connectivity index (χ3n) is 2.98. The molecule has 3 aromatic rings. The van der Waals surface area contributed by atoms with Crippen molar-refractivity contribution < 1.29 is 9.90 Å². The molecule has 0 bridgehead atoms. The molecule has 1 aromatic carbocycles. The van der Waals surface area contributed by atoms with Crippen molar-refractivity contribution in [2.75, 3.05) is 0 Å². The molecule has 0 saturated heterocycles. The Hall–Kier alpha value is -1.78. The number of halogens is 1. The minimum absolute atomic E-state index is 0.235. The first-order valence-electron chi connectivity index (χ1n) is 5.70. The maximum absolute atomic E-state index is 10.9. The smallest absolute Gasteiger partial charge is 0.352 e. The Morgan fingerprint density at radius 1 is 1.32 bits per heavy atom. The summed E-state index contributed by atoms with van der Waals surface area (Å²) in [6.45, 7) is 0. The number of benzene rings is 1. The summed E-state index contributed by atoms with van der Waals surface area (Å²) in [4.78, 5) is 14.7. The van der Waals surface area contributed by atoms with E-state index in [-0.39, 0.29) is 5.69 Å². The molecule has 2 aromatic heterocycles. The normalized spacial score (nSPS) is 11.0. The van der Waals surface area contributed by atoms with Gasteiger partial charge in [-0.3, -0.25) is 0 Å². The van der Waals surface area contributed by atoms with Gasteiger partial charge in [0.05, 0.1) is 0 Å². The van der Waals surface area contributed by atoms with Gasteiger partial charge in [-0.15, -0.1) is 11.3 Å². The molecule has 0 fully saturated rings. The largest absolute Gasteiger partial charge is 0.477 e. The number of hydrogen-bond acceptors (Lipinski definition) is 2. The second-order valence-corrected chi connectivity index (χ2v) is 5.61. The Morgan fingerprint density at radius 3 is 2.74 bits per heavy atom. The average molecular weight is 292 g/mol. The van der Waals surface area contributed by atoms with Crippen LogP contribution in [0.5, 0.6) is 0 Å². The summed E-state index contributed by atoms with van der Waals surface area (Å²) in [5.74, 6) is -0.930. The summed E-state index contributed by atoms with van der Waals surface area (Å²) < 4.78 is 0. The number of nitrogens with one attached hydrogen (secondary N) is 1. The van der Waals surface area contributed by atoms with E-state index in [0.717, 1.165) is 27.8 Å². The van der Waals surface area contributed by atoms with Gasteiger partial charge in [-0.05, 0) is 41.1 Å². The first kappa shape index (κ1) is 12.3. The number of aromatic nitrogens is 1. The van der Waals surface area contributed by atoms with Gasteiger partial charge in [0.1, 0.15) is 10.5 Å². The van der Waals surface area contributed by atoms with E-state index in [4.69, 9.17) is 16.7 Å². The summed E-state index contributed by atoms with van der Waals surface area (Å²) >= 11 is 7.39. The fourth-order valence-corrected chi connectivity index (χ4v) is 3.12. The molecule has 0 spiro atoms. The van der Waals surface area contributed by atoms with E-state index in [9.17, 15) is 4.79 Å². The van der Waals surface area contributed by atoms with E-state index in [0.29, 0.717) is 5.02 Å². The lowest BCUT2D eigenvalue weighted by molar-refractivity contribution is 0.0691. The molecule has 0 saturated carbocycles. The highest BCUT2D eigenvalue weighted by Crippen LogP contribution is 2.28. The van der Waals surface area contributed by atoms with Crippen LogP contribution in [0.25, 0.3) is 10.2 Å². The second kappa shape index (κ2) is 4.72. The molecule has 2 N–H and O–H groups in total. The van der Waals surface area contributed by atoms with E-state index < -0.39 is 5.97 Å². The zero-order chi connectivity index (χ0) is 13.4. The van der Waals surface area contributed by atoms with Gasteiger partial charge in [-0.25, -0.2) is 4.79 Å². The molecular weight excluding hydrogens is 282 g/mol. The molecule has 5 heteroatoms. The standard InChI is InChI=1S/C14H10ClNO2S/c15-10-3-1-8(2-4-10)5-9-7-19-13-11(9)6-12(16-13)14(17)18/h1-4,6-7,16H,5H2,(H,17,18). The summed E-state index contributed by atoms with van der Waals surface area (Å²) in [6.07, 6.45) is 0.772. The predicted octanol–water partition coefficient (Wildman–Crippen LogP) is 4.17. The number of H-pyrrole nitrogens is 1. The van der Waals surface area contributed by atoms with Crippen molar-refractivity contribution >= 4 is 39.1 Å². The van der Waals surface area contributed by atoms with Crippen molar-refractivity contribution in [3.8, 4) is 0 Å². The Morgan fingerprint density at radius 2 is 2.05 bits per heavy atom. The van der Waals surface area contributed by atoms with Crippen molar-refractivity contribution in [1.82, 2.24) is 4.98 Å². The molecule has 2 heterocycles. The van der Waals surface area contributed by atoms with Crippen molar-refractivity contribution in [2.45, 2.75) is 6.42 Å². The molecule has 0 amide bonds. The molecular formula is C14H10ClNO2S. The van der Waals surface area contributed by atoms with Gasteiger partial charge in [0.2, 0.25) is 0 Å². The average Bonchev–Trinajstić information content (AvgIpc) is 2.94. The number of thiophene rings is 1. The molecule has 0 aliphatic rings. The van der Waals surface area contributed by atoms with Crippen molar-refractivity contribution in [1.29, 1.82) is 0 Å². The molecule has 19 heavy (non-hydrogen) atoms. The molecule has 3 rings (SSSR count). The third kappa shape index (κ3) is 2.37. The Balaban J connectivity index is 1.96. The maximum atomic E-state index is 10.9. The van der Waals surface area contributed by atoms with Crippen LogP contribution in [0, 0.1) is 0 Å². The zero-order valence-corrected chi connectivity index (χ0v) is 11.4. The lowest BCUT2D eigenvalue weighted by Gasteiger charge is -1.99. The fraction of sp³-hybridized carbons (Fsp3) is 0.0714. The first-order valence-corrected chi connectivity index (χ1v) is 6.96. The number of fused-ring (bicyclic) bond motifs is 1. The first-order chi connectivity index (χ1) is 9.13. The number of carboxylic acids is 1. The fourth-order valence-electron chi connectivity index (χ4n) is 2.03. The van der Waals surface area contributed by atoms with Gasteiger partial charge in [0.25, 0.3) is 0 Å². The van der Waals surface area contributed by atoms with Crippen molar-refractivity contribution in [2.24, 2.45) is 0 Å². The topological polar surface area (TPSA) is 53.1 Å². The SMILES string of the molecule is O=C(O)c1cc2c(Cc3ccc(Cl)cc3)csc2[nH]1. The monoisotopic (exact) mass is 291 g/mol. The number of carboxylic acid groups (broad SMARTS) is 1. The highest BCUT2D eigenvalue weighted by Gasteiger charge is 2.12. The lowest BCUT2D eigenvalue weighted by atomic mass is 10.1. The quantitative estimate of drug-likeness (QED) is 0.761. The molecule has 0 aliphatic carbocycles. The third-order valence-corrected chi connectivity index (χ3v) is 4.20. The highest BCUT2D eigenvalue weighted by molar-refractivity contribution is 7.17. The van der Waals surface area contributed by atoms with Crippen LogP contribution in [0.3, 0.4) is 0 Å². The van der Waals surface area contributed by atoms with E-state index in [1.807, 2.05) is 24.3 Å². The van der Waals surface area contributed by atoms with Crippen LogP contribution in [0.4, 0.5) is 0 Å². The zero-order valence-electron chi connectivity index (χ0n) is 9.81. The van der Waals surface area contributed by atoms with Gasteiger partial charge >= 0.3 is 5.97 Å². The second-order valence-electron chi connectivity index (χ2n) is 4.30. The summed E-state index contributed by atoms with van der Waals surface area (Å²) in [5, 5.41) is 12.7. The van der Waals surface area contributed by atoms with Crippen LogP contribution in [-0.2, 0) is 6.42 Å². The number of aromatic carboxylic acids is 1. The summed E-state index contributed by atoms with van der Waals surface area (Å²) in [6, 6.07) is 9.38. The van der Waals surface area contributed by atoms with Crippen molar-refractivity contribution in [3.63, 3.8) is 0 Å². The van der Waals surface area contributed by atoms with Crippen LogP contribution in [0.1, 0.15) is 21.6 Å². The number of carbonyl (C=O) groups is 1.